The van der Waals surface area contributed by atoms with Crippen molar-refractivity contribution in [2.45, 2.75) is 78.1 Å². The van der Waals surface area contributed by atoms with Gasteiger partial charge in [-0.3, -0.25) is 4.79 Å². The zero-order valence-electron chi connectivity index (χ0n) is 19.8. The highest BCUT2D eigenvalue weighted by atomic mass is 16.5. The lowest BCUT2D eigenvalue weighted by Gasteiger charge is -2.46. The summed E-state index contributed by atoms with van der Waals surface area (Å²) in [6.07, 6.45) is 0.515. The number of rotatable bonds is 7. The van der Waals surface area contributed by atoms with Gasteiger partial charge in [0.25, 0.3) is 0 Å². The smallest absolute Gasteiger partial charge is 0.407 e. The van der Waals surface area contributed by atoms with Gasteiger partial charge in [0.1, 0.15) is 13.2 Å². The Kier molecular flexibility index (Phi) is 8.92. The predicted molar refractivity (Wildman–Crippen MR) is 122 cm³/mol. The average Bonchev–Trinajstić information content (AvgIpc) is 2.71. The summed E-state index contributed by atoms with van der Waals surface area (Å²) in [5, 5.41) is 15.3. The first-order valence-electron chi connectivity index (χ1n) is 11.2. The van der Waals surface area contributed by atoms with Crippen molar-refractivity contribution in [2.75, 3.05) is 6.54 Å². The van der Waals surface area contributed by atoms with Crippen LogP contribution in [0.15, 0.2) is 30.3 Å². The van der Waals surface area contributed by atoms with Crippen molar-refractivity contribution in [3.05, 3.63) is 35.9 Å². The first-order valence-corrected chi connectivity index (χ1v) is 11.2. The number of benzene rings is 1. The Balaban J connectivity index is 1.86. The number of nitrogens with one attached hydrogen (secondary N) is 2. The van der Waals surface area contributed by atoms with Gasteiger partial charge in [-0.15, -0.1) is 0 Å². The quantitative estimate of drug-likeness (QED) is 0.585. The molecule has 1 aromatic carbocycles. The van der Waals surface area contributed by atoms with Gasteiger partial charge in [-0.05, 0) is 57.4 Å². The number of alkyl carbamates (subject to hydrolysis) is 1. The average molecular weight is 448 g/mol. The van der Waals surface area contributed by atoms with Gasteiger partial charge in [0.2, 0.25) is 5.91 Å². The van der Waals surface area contributed by atoms with E-state index in [0.717, 1.165) is 5.56 Å². The van der Waals surface area contributed by atoms with E-state index in [0.29, 0.717) is 19.3 Å². The fraction of sp³-hybridized carbons (Fsp3) is 0.625. The molecule has 178 valence electrons. The number of carbonyl (C=O) groups is 3. The van der Waals surface area contributed by atoms with E-state index in [9.17, 15) is 19.5 Å². The minimum Gasteiger partial charge on any atom is -0.465 e. The zero-order valence-corrected chi connectivity index (χ0v) is 19.8. The van der Waals surface area contributed by atoms with Gasteiger partial charge in [-0.2, -0.15) is 0 Å². The van der Waals surface area contributed by atoms with Crippen molar-refractivity contribution in [2.24, 2.45) is 11.8 Å². The highest BCUT2D eigenvalue weighted by molar-refractivity contribution is 5.82. The van der Waals surface area contributed by atoms with E-state index < -0.39 is 17.7 Å². The molecule has 0 radical (unpaired) electrons. The summed E-state index contributed by atoms with van der Waals surface area (Å²) in [7, 11) is 0. The molecule has 1 saturated carbocycles. The number of ether oxygens (including phenoxy) is 1. The van der Waals surface area contributed by atoms with E-state index in [4.69, 9.17) is 4.74 Å². The van der Waals surface area contributed by atoms with Crippen molar-refractivity contribution in [3.8, 4) is 0 Å². The second-order valence-electron chi connectivity index (χ2n) is 9.79. The second kappa shape index (κ2) is 11.2. The number of carboxylic acid groups (broad SMARTS) is 1. The van der Waals surface area contributed by atoms with E-state index in [1.807, 2.05) is 51.1 Å². The molecule has 2 rings (SSSR count). The molecule has 3 atom stereocenters. The van der Waals surface area contributed by atoms with Crippen LogP contribution < -0.4 is 10.6 Å². The van der Waals surface area contributed by atoms with E-state index in [-0.39, 0.29) is 43.0 Å². The van der Waals surface area contributed by atoms with Gasteiger partial charge in [0.05, 0.1) is 0 Å². The minimum atomic E-state index is -0.911. The van der Waals surface area contributed by atoms with Crippen LogP contribution in [0.1, 0.15) is 59.4 Å². The summed E-state index contributed by atoms with van der Waals surface area (Å²) in [6.45, 7) is 9.87. The van der Waals surface area contributed by atoms with Crippen LogP contribution in [0.2, 0.25) is 0 Å². The van der Waals surface area contributed by atoms with Gasteiger partial charge >= 0.3 is 12.2 Å². The second-order valence-corrected chi connectivity index (χ2v) is 9.79. The Hall–Kier alpha value is -2.77. The molecule has 32 heavy (non-hydrogen) atoms. The van der Waals surface area contributed by atoms with Crippen LogP contribution in [-0.2, 0) is 16.1 Å². The van der Waals surface area contributed by atoms with Crippen molar-refractivity contribution >= 4 is 18.1 Å². The third-order valence-corrected chi connectivity index (χ3v) is 5.97. The summed E-state index contributed by atoms with van der Waals surface area (Å²) in [5.41, 5.74) is 0.382. The summed E-state index contributed by atoms with van der Waals surface area (Å²) in [4.78, 5) is 37.8. The van der Waals surface area contributed by atoms with Gasteiger partial charge in [0.15, 0.2) is 0 Å². The third-order valence-electron chi connectivity index (χ3n) is 5.97. The van der Waals surface area contributed by atoms with Crippen molar-refractivity contribution in [1.82, 2.24) is 15.5 Å². The first-order chi connectivity index (χ1) is 15.0. The largest absolute Gasteiger partial charge is 0.465 e. The lowest BCUT2D eigenvalue weighted by molar-refractivity contribution is -0.122. The van der Waals surface area contributed by atoms with E-state index in [1.54, 1.807) is 4.90 Å². The Morgan fingerprint density at radius 3 is 2.38 bits per heavy atom. The number of amides is 3. The zero-order chi connectivity index (χ0) is 23.9. The molecule has 1 aromatic rings. The van der Waals surface area contributed by atoms with Crippen LogP contribution in [0.25, 0.3) is 0 Å². The number of hydrogen-bond donors (Lipinski definition) is 3. The molecule has 0 bridgehead atoms. The molecule has 3 N–H and O–H groups in total. The van der Waals surface area contributed by atoms with Gasteiger partial charge in [0, 0.05) is 17.6 Å². The maximum atomic E-state index is 12.5. The molecule has 0 aromatic heterocycles. The van der Waals surface area contributed by atoms with Gasteiger partial charge < -0.3 is 25.4 Å². The molecule has 1 unspecified atom stereocenters. The van der Waals surface area contributed by atoms with Crippen LogP contribution in [0.4, 0.5) is 9.59 Å². The predicted octanol–water partition coefficient (Wildman–Crippen LogP) is 4.00. The Labute approximate surface area is 190 Å². The van der Waals surface area contributed by atoms with Crippen molar-refractivity contribution in [1.29, 1.82) is 0 Å². The molecular formula is C24H37N3O5. The number of nitrogens with zero attached hydrogens (tertiary/aromatic N) is 1. The third kappa shape index (κ3) is 7.43. The maximum Gasteiger partial charge on any atom is 0.407 e. The molecule has 1 fully saturated rings. The fourth-order valence-corrected chi connectivity index (χ4v) is 4.51. The molecule has 8 heteroatoms. The highest BCUT2D eigenvalue weighted by Crippen LogP contribution is 2.35. The Bertz CT molecular complexity index is 776. The van der Waals surface area contributed by atoms with Crippen LogP contribution in [-0.4, -0.2) is 52.3 Å². The van der Waals surface area contributed by atoms with Crippen molar-refractivity contribution in [3.63, 3.8) is 0 Å². The van der Waals surface area contributed by atoms with Crippen LogP contribution in [0, 0.1) is 11.8 Å². The highest BCUT2D eigenvalue weighted by Gasteiger charge is 2.40. The van der Waals surface area contributed by atoms with Crippen LogP contribution >= 0.6 is 0 Å². The molecule has 3 amide bonds. The van der Waals surface area contributed by atoms with Crippen molar-refractivity contribution < 1.29 is 24.2 Å². The Morgan fingerprint density at radius 1 is 1.16 bits per heavy atom. The van der Waals surface area contributed by atoms with Gasteiger partial charge in [-0.1, -0.05) is 44.2 Å². The molecule has 0 aliphatic heterocycles. The first kappa shape index (κ1) is 25.5. The summed E-state index contributed by atoms with van der Waals surface area (Å²) in [6, 6.07) is 9.17. The van der Waals surface area contributed by atoms with Crippen LogP contribution in [0.5, 0.6) is 0 Å². The Morgan fingerprint density at radius 2 is 1.81 bits per heavy atom. The van der Waals surface area contributed by atoms with E-state index in [1.165, 1.54) is 0 Å². The van der Waals surface area contributed by atoms with Gasteiger partial charge in [-0.25, -0.2) is 9.59 Å². The molecule has 0 spiro atoms. The monoisotopic (exact) mass is 447 g/mol. The standard InChI is InChI=1S/C24H37N3O5/c1-16(2)19-13-18(27(23(30)31)24(3,4)5)11-12-20(19)26-21(28)14-25-22(29)32-15-17-9-7-6-8-10-17/h6-10,16,18-20H,11-15H2,1-5H3,(H,25,29)(H,26,28)(H,30,31)/t18?,19-,20-/m0/s1. The maximum absolute atomic E-state index is 12.5. The normalized spacial score (nSPS) is 21.0. The number of hydrogen-bond acceptors (Lipinski definition) is 4. The summed E-state index contributed by atoms with van der Waals surface area (Å²) >= 11 is 0. The SMILES string of the molecule is CC(C)[C@@H]1CC(N(C(=O)O)C(C)(C)C)CC[C@@H]1NC(=O)CNC(=O)OCc1ccccc1. The fourth-order valence-electron chi connectivity index (χ4n) is 4.51. The molecule has 8 nitrogen and oxygen atoms in total. The lowest BCUT2D eigenvalue weighted by atomic mass is 9.74. The molecule has 0 saturated heterocycles. The molecular weight excluding hydrogens is 410 g/mol. The summed E-state index contributed by atoms with van der Waals surface area (Å²) < 4.78 is 5.13. The van der Waals surface area contributed by atoms with E-state index in [2.05, 4.69) is 24.5 Å². The minimum absolute atomic E-state index is 0.0588. The molecule has 1 aliphatic rings. The summed E-state index contributed by atoms with van der Waals surface area (Å²) in [5.74, 6) is 0.149. The lowest BCUT2D eigenvalue weighted by Crippen LogP contribution is -2.56. The number of carbonyl (C=O) groups excluding carboxylic acids is 2. The van der Waals surface area contributed by atoms with Crippen LogP contribution in [0.3, 0.4) is 0 Å². The molecule has 1 aliphatic carbocycles. The molecule has 0 heterocycles. The topological polar surface area (TPSA) is 108 Å². The van der Waals surface area contributed by atoms with E-state index >= 15 is 0 Å².